The van der Waals surface area contributed by atoms with E-state index in [1.807, 2.05) is 6.07 Å². The van der Waals surface area contributed by atoms with E-state index in [9.17, 15) is 5.11 Å². The first-order valence-electron chi connectivity index (χ1n) is 9.97. The van der Waals surface area contributed by atoms with Crippen LogP contribution in [0, 0.1) is 5.41 Å². The molecule has 2 aromatic carbocycles. The van der Waals surface area contributed by atoms with Crippen LogP contribution in [0.2, 0.25) is 0 Å². The molecular formula is C23H29N3O. The Bertz CT molecular complexity index is 889. The van der Waals surface area contributed by atoms with E-state index < -0.39 is 0 Å². The molecule has 1 unspecified atom stereocenters. The number of aromatic nitrogens is 2. The molecule has 1 saturated heterocycles. The van der Waals surface area contributed by atoms with Crippen molar-refractivity contribution in [2.75, 3.05) is 19.7 Å². The van der Waals surface area contributed by atoms with Crippen LogP contribution in [0.25, 0.3) is 11.0 Å². The Labute approximate surface area is 161 Å². The van der Waals surface area contributed by atoms with Crippen molar-refractivity contribution in [3.8, 4) is 0 Å². The van der Waals surface area contributed by atoms with Crippen molar-refractivity contribution in [2.45, 2.75) is 32.2 Å². The van der Waals surface area contributed by atoms with Crippen LogP contribution in [-0.4, -0.2) is 39.3 Å². The number of aliphatic hydroxyl groups excluding tert-OH is 1. The Hall–Kier alpha value is -2.17. The van der Waals surface area contributed by atoms with Crippen molar-refractivity contribution in [1.82, 2.24) is 14.5 Å². The molecule has 4 nitrogen and oxygen atoms in total. The summed E-state index contributed by atoms with van der Waals surface area (Å²) < 4.78 is 2.20. The minimum absolute atomic E-state index is 0.00131. The largest absolute Gasteiger partial charge is 0.396 e. The third-order valence-corrected chi connectivity index (χ3v) is 6.11. The van der Waals surface area contributed by atoms with Crippen molar-refractivity contribution >= 4 is 11.0 Å². The first kappa shape index (κ1) is 18.2. The molecule has 4 heteroatoms. The quantitative estimate of drug-likeness (QED) is 0.725. The summed E-state index contributed by atoms with van der Waals surface area (Å²) in [7, 11) is 2.10. The zero-order valence-electron chi connectivity index (χ0n) is 16.1. The highest BCUT2D eigenvalue weighted by Gasteiger charge is 2.35. The SMILES string of the molecule is Cn1c(CN2CCCC(CO)(CCc3ccccc3)C2)nc2ccccc21. The van der Waals surface area contributed by atoms with Gasteiger partial charge in [-0.25, -0.2) is 4.98 Å². The number of nitrogens with zero attached hydrogens (tertiary/aromatic N) is 3. The zero-order valence-corrected chi connectivity index (χ0v) is 16.1. The highest BCUT2D eigenvalue weighted by molar-refractivity contribution is 5.75. The first-order valence-corrected chi connectivity index (χ1v) is 9.97. The van der Waals surface area contributed by atoms with Gasteiger partial charge in [0.05, 0.1) is 17.6 Å². The molecule has 1 aromatic heterocycles. The van der Waals surface area contributed by atoms with Crippen LogP contribution in [-0.2, 0) is 20.0 Å². The van der Waals surface area contributed by atoms with Crippen molar-refractivity contribution in [1.29, 1.82) is 0 Å². The van der Waals surface area contributed by atoms with Crippen LogP contribution < -0.4 is 0 Å². The summed E-state index contributed by atoms with van der Waals surface area (Å²) >= 11 is 0. The van der Waals surface area contributed by atoms with Crippen molar-refractivity contribution in [2.24, 2.45) is 12.5 Å². The van der Waals surface area contributed by atoms with Crippen LogP contribution in [0.15, 0.2) is 54.6 Å². The Morgan fingerprint density at radius 3 is 2.63 bits per heavy atom. The second kappa shape index (κ2) is 7.83. The summed E-state index contributed by atoms with van der Waals surface area (Å²) in [6.45, 7) is 3.13. The lowest BCUT2D eigenvalue weighted by Crippen LogP contribution is -2.45. The van der Waals surface area contributed by atoms with Gasteiger partial charge >= 0.3 is 0 Å². The number of benzene rings is 2. The Kier molecular flexibility index (Phi) is 5.28. The number of aryl methyl sites for hydroxylation is 2. The fraction of sp³-hybridized carbons (Fsp3) is 0.435. The summed E-state index contributed by atoms with van der Waals surface area (Å²) in [5.74, 6) is 1.10. The van der Waals surface area contributed by atoms with Crippen LogP contribution in [0.5, 0.6) is 0 Å². The van der Waals surface area contributed by atoms with Crippen molar-refractivity contribution < 1.29 is 5.11 Å². The molecule has 142 valence electrons. The highest BCUT2D eigenvalue weighted by atomic mass is 16.3. The van der Waals surface area contributed by atoms with Gasteiger partial charge in [0.15, 0.2) is 0 Å². The third kappa shape index (κ3) is 3.92. The summed E-state index contributed by atoms with van der Waals surface area (Å²) in [6.07, 6.45) is 4.31. The van der Waals surface area contributed by atoms with E-state index in [2.05, 4.69) is 65.0 Å². The second-order valence-electron chi connectivity index (χ2n) is 8.03. The monoisotopic (exact) mass is 363 g/mol. The second-order valence-corrected chi connectivity index (χ2v) is 8.03. The van der Waals surface area contributed by atoms with E-state index in [1.54, 1.807) is 0 Å². The summed E-state index contributed by atoms with van der Waals surface area (Å²) in [6, 6.07) is 18.9. The van der Waals surface area contributed by atoms with Gasteiger partial charge in [0, 0.05) is 25.6 Å². The van der Waals surface area contributed by atoms with E-state index >= 15 is 0 Å². The molecule has 0 spiro atoms. The molecular weight excluding hydrogens is 334 g/mol. The van der Waals surface area contributed by atoms with Gasteiger partial charge in [-0.2, -0.15) is 0 Å². The van der Waals surface area contributed by atoms with Gasteiger partial charge in [-0.05, 0) is 49.9 Å². The smallest absolute Gasteiger partial charge is 0.123 e. The molecule has 1 atom stereocenters. The highest BCUT2D eigenvalue weighted by Crippen LogP contribution is 2.35. The van der Waals surface area contributed by atoms with Crippen LogP contribution in [0.3, 0.4) is 0 Å². The molecule has 1 N–H and O–H groups in total. The summed E-state index contributed by atoms with van der Waals surface area (Å²) in [5, 5.41) is 10.2. The average molecular weight is 364 g/mol. The van der Waals surface area contributed by atoms with Crippen molar-refractivity contribution in [3.05, 3.63) is 66.0 Å². The Morgan fingerprint density at radius 2 is 1.85 bits per heavy atom. The van der Waals surface area contributed by atoms with Crippen LogP contribution >= 0.6 is 0 Å². The molecule has 0 radical (unpaired) electrons. The number of piperidine rings is 1. The lowest BCUT2D eigenvalue weighted by atomic mass is 9.76. The maximum atomic E-state index is 10.2. The van der Waals surface area contributed by atoms with Gasteiger partial charge in [-0.1, -0.05) is 42.5 Å². The summed E-state index contributed by atoms with van der Waals surface area (Å²) in [4.78, 5) is 7.31. The van der Waals surface area contributed by atoms with Crippen LogP contribution in [0.1, 0.15) is 30.7 Å². The standard InChI is InChI=1S/C23H29N3O/c1-25-21-11-6-5-10-20(21)24-22(25)16-26-15-7-13-23(17-26,18-27)14-12-19-8-3-2-4-9-19/h2-6,8-11,27H,7,12-18H2,1H3. The van der Waals surface area contributed by atoms with Gasteiger partial charge < -0.3 is 9.67 Å². The first-order chi connectivity index (χ1) is 13.2. The maximum Gasteiger partial charge on any atom is 0.123 e. The number of hydrogen-bond donors (Lipinski definition) is 1. The molecule has 0 saturated carbocycles. The van der Waals surface area contributed by atoms with E-state index in [4.69, 9.17) is 4.98 Å². The van der Waals surface area contributed by atoms with E-state index in [1.165, 1.54) is 11.1 Å². The molecule has 3 aromatic rings. The number of fused-ring (bicyclic) bond motifs is 1. The molecule has 27 heavy (non-hydrogen) atoms. The Morgan fingerprint density at radius 1 is 1.07 bits per heavy atom. The Balaban J connectivity index is 1.46. The minimum Gasteiger partial charge on any atom is -0.396 e. The maximum absolute atomic E-state index is 10.2. The number of hydrogen-bond acceptors (Lipinski definition) is 3. The van der Waals surface area contributed by atoms with Gasteiger partial charge in [0.25, 0.3) is 0 Å². The molecule has 0 amide bonds. The third-order valence-electron chi connectivity index (χ3n) is 6.11. The van der Waals surface area contributed by atoms with Crippen molar-refractivity contribution in [3.63, 3.8) is 0 Å². The molecule has 0 bridgehead atoms. The lowest BCUT2D eigenvalue weighted by molar-refractivity contribution is 0.0211. The molecule has 0 aliphatic carbocycles. The average Bonchev–Trinajstić information content (AvgIpc) is 3.03. The molecule has 2 heterocycles. The number of likely N-dealkylation sites (tertiary alicyclic amines) is 1. The normalized spacial score (nSPS) is 21.0. The fourth-order valence-corrected chi connectivity index (χ4v) is 4.45. The number of rotatable bonds is 6. The number of para-hydroxylation sites is 2. The molecule has 4 rings (SSSR count). The molecule has 1 aliphatic heterocycles. The molecule has 1 fully saturated rings. The van der Waals surface area contributed by atoms with E-state index in [-0.39, 0.29) is 12.0 Å². The van der Waals surface area contributed by atoms with E-state index in [0.29, 0.717) is 0 Å². The topological polar surface area (TPSA) is 41.3 Å². The van der Waals surface area contributed by atoms with Crippen LogP contribution in [0.4, 0.5) is 0 Å². The zero-order chi connectivity index (χ0) is 18.7. The summed E-state index contributed by atoms with van der Waals surface area (Å²) in [5.41, 5.74) is 3.60. The van der Waals surface area contributed by atoms with Gasteiger partial charge in [0.2, 0.25) is 0 Å². The van der Waals surface area contributed by atoms with Gasteiger partial charge in [-0.3, -0.25) is 4.90 Å². The predicted molar refractivity (Wildman–Crippen MR) is 110 cm³/mol. The van der Waals surface area contributed by atoms with Gasteiger partial charge in [-0.15, -0.1) is 0 Å². The fourth-order valence-electron chi connectivity index (χ4n) is 4.45. The number of aliphatic hydroxyl groups is 1. The number of imidazole rings is 1. The van der Waals surface area contributed by atoms with Gasteiger partial charge in [0.1, 0.15) is 5.82 Å². The van der Waals surface area contributed by atoms with E-state index in [0.717, 1.165) is 56.7 Å². The lowest BCUT2D eigenvalue weighted by Gasteiger charge is -2.42. The minimum atomic E-state index is -0.00131. The molecule has 1 aliphatic rings. The predicted octanol–water partition coefficient (Wildman–Crippen LogP) is 3.78.